The van der Waals surface area contributed by atoms with E-state index in [9.17, 15) is 4.79 Å². The maximum absolute atomic E-state index is 10.5. The number of aryl methyl sites for hydroxylation is 1. The van der Waals surface area contributed by atoms with Gasteiger partial charge in [-0.3, -0.25) is 0 Å². The fourth-order valence-corrected chi connectivity index (χ4v) is 1.24. The Hall–Kier alpha value is -1.62. The molecule has 0 bridgehead atoms. The monoisotopic (exact) mass is 173 g/mol. The van der Waals surface area contributed by atoms with Crippen molar-refractivity contribution < 1.29 is 4.79 Å². The highest BCUT2D eigenvalue weighted by Gasteiger charge is 2.08. The molecule has 0 spiro atoms. The predicted molar refractivity (Wildman–Crippen MR) is 50.4 cm³/mol. The number of carbonyl (C=O) groups excluding carboxylic acids is 1. The van der Waals surface area contributed by atoms with Crippen molar-refractivity contribution in [2.45, 2.75) is 19.8 Å². The van der Waals surface area contributed by atoms with Crippen LogP contribution in [0.3, 0.4) is 0 Å². The van der Waals surface area contributed by atoms with E-state index in [1.165, 1.54) is 0 Å². The highest BCUT2D eigenvalue weighted by Crippen LogP contribution is 2.18. The van der Waals surface area contributed by atoms with Gasteiger partial charge in [-0.05, 0) is 24.1 Å². The van der Waals surface area contributed by atoms with E-state index >= 15 is 0 Å². The van der Waals surface area contributed by atoms with Gasteiger partial charge in [-0.1, -0.05) is 19.1 Å². The Kier molecular flexibility index (Phi) is 2.81. The highest BCUT2D eigenvalue weighted by molar-refractivity contribution is 5.64. The lowest BCUT2D eigenvalue weighted by Gasteiger charge is -2.06. The van der Waals surface area contributed by atoms with E-state index in [1.54, 1.807) is 13.0 Å². The van der Waals surface area contributed by atoms with Gasteiger partial charge in [-0.15, -0.1) is 0 Å². The summed E-state index contributed by atoms with van der Waals surface area (Å²) in [6.07, 6.45) is 0.853. The summed E-state index contributed by atoms with van der Waals surface area (Å²) in [5, 5.41) is 8.82. The number of aldehydes is 1. The first kappa shape index (κ1) is 9.47. The molecule has 0 saturated carbocycles. The van der Waals surface area contributed by atoms with Crippen molar-refractivity contribution >= 4 is 6.29 Å². The third-order valence-corrected chi connectivity index (χ3v) is 2.02. The molecule has 2 nitrogen and oxygen atoms in total. The van der Waals surface area contributed by atoms with Crippen LogP contribution in [-0.4, -0.2) is 6.29 Å². The molecule has 0 saturated heterocycles. The Morgan fingerprint density at radius 2 is 2.23 bits per heavy atom. The molecule has 1 rings (SSSR count). The summed E-state index contributed by atoms with van der Waals surface area (Å²) < 4.78 is 0. The largest absolute Gasteiger partial charge is 0.303 e. The molecule has 0 radical (unpaired) electrons. The molecule has 13 heavy (non-hydrogen) atoms. The maximum atomic E-state index is 10.5. The van der Waals surface area contributed by atoms with Crippen molar-refractivity contribution in [2.75, 3.05) is 0 Å². The number of hydrogen-bond acceptors (Lipinski definition) is 2. The molecular weight excluding hydrogens is 162 g/mol. The Bertz CT molecular complexity index is 363. The summed E-state index contributed by atoms with van der Waals surface area (Å²) in [4.78, 5) is 10.5. The van der Waals surface area contributed by atoms with E-state index in [0.717, 1.165) is 17.4 Å². The second-order valence-electron chi connectivity index (χ2n) is 3.13. The molecule has 1 atom stereocenters. The SMILES string of the molecule is Cc1ccc(C(C)C=O)c(C#N)c1. The highest BCUT2D eigenvalue weighted by atomic mass is 16.1. The van der Waals surface area contributed by atoms with Gasteiger partial charge in [-0.2, -0.15) is 5.26 Å². The number of hydrogen-bond donors (Lipinski definition) is 0. The molecule has 0 aliphatic heterocycles. The number of nitrogens with zero attached hydrogens (tertiary/aromatic N) is 1. The average Bonchev–Trinajstić information content (AvgIpc) is 2.16. The van der Waals surface area contributed by atoms with E-state index in [4.69, 9.17) is 5.26 Å². The Labute approximate surface area is 77.8 Å². The lowest BCUT2D eigenvalue weighted by atomic mass is 9.96. The second-order valence-corrected chi connectivity index (χ2v) is 3.13. The van der Waals surface area contributed by atoms with Crippen LogP contribution in [0.1, 0.15) is 29.5 Å². The molecule has 0 fully saturated rings. The van der Waals surface area contributed by atoms with Gasteiger partial charge in [0.1, 0.15) is 6.29 Å². The molecule has 0 N–H and O–H groups in total. The van der Waals surface area contributed by atoms with Crippen molar-refractivity contribution in [3.8, 4) is 6.07 Å². The fraction of sp³-hybridized carbons (Fsp3) is 0.273. The maximum Gasteiger partial charge on any atom is 0.127 e. The summed E-state index contributed by atoms with van der Waals surface area (Å²) in [7, 11) is 0. The van der Waals surface area contributed by atoms with Crippen molar-refractivity contribution in [3.63, 3.8) is 0 Å². The lowest BCUT2D eigenvalue weighted by molar-refractivity contribution is -0.108. The fourth-order valence-electron chi connectivity index (χ4n) is 1.24. The van der Waals surface area contributed by atoms with E-state index in [0.29, 0.717) is 5.56 Å². The minimum absolute atomic E-state index is 0.199. The van der Waals surface area contributed by atoms with Crippen molar-refractivity contribution in [1.82, 2.24) is 0 Å². The second kappa shape index (κ2) is 3.86. The molecule has 0 aliphatic rings. The van der Waals surface area contributed by atoms with E-state index in [2.05, 4.69) is 6.07 Å². The van der Waals surface area contributed by atoms with Crippen molar-refractivity contribution in [2.24, 2.45) is 0 Å². The number of nitriles is 1. The van der Waals surface area contributed by atoms with Crippen LogP contribution in [0.15, 0.2) is 18.2 Å². The van der Waals surface area contributed by atoms with Crippen LogP contribution in [0.2, 0.25) is 0 Å². The van der Waals surface area contributed by atoms with Crippen molar-refractivity contribution in [1.29, 1.82) is 5.26 Å². The molecule has 1 aromatic carbocycles. The lowest BCUT2D eigenvalue weighted by Crippen LogP contribution is -1.98. The topological polar surface area (TPSA) is 40.9 Å². The first-order chi connectivity index (χ1) is 6.19. The van der Waals surface area contributed by atoms with Gasteiger partial charge in [0.15, 0.2) is 0 Å². The zero-order chi connectivity index (χ0) is 9.84. The molecule has 0 aromatic heterocycles. The Balaban J connectivity index is 3.22. The Morgan fingerprint density at radius 1 is 1.54 bits per heavy atom. The van der Waals surface area contributed by atoms with Crippen LogP contribution in [0.5, 0.6) is 0 Å². The predicted octanol–water partition coefficient (Wildman–Crippen LogP) is 2.17. The molecule has 0 amide bonds. The first-order valence-corrected chi connectivity index (χ1v) is 4.15. The summed E-state index contributed by atoms with van der Waals surface area (Å²) in [5.74, 6) is -0.199. The van der Waals surface area contributed by atoms with Crippen LogP contribution in [0, 0.1) is 18.3 Å². The molecule has 0 heterocycles. The van der Waals surface area contributed by atoms with Gasteiger partial charge in [-0.25, -0.2) is 0 Å². The van der Waals surface area contributed by atoms with Gasteiger partial charge in [0.05, 0.1) is 11.6 Å². The van der Waals surface area contributed by atoms with E-state index in [-0.39, 0.29) is 5.92 Å². The van der Waals surface area contributed by atoms with Gasteiger partial charge in [0, 0.05) is 5.92 Å². The molecule has 1 aromatic rings. The van der Waals surface area contributed by atoms with Crippen LogP contribution >= 0.6 is 0 Å². The van der Waals surface area contributed by atoms with Gasteiger partial charge in [0.2, 0.25) is 0 Å². The number of rotatable bonds is 2. The summed E-state index contributed by atoms with van der Waals surface area (Å²) in [6, 6.07) is 7.65. The zero-order valence-corrected chi connectivity index (χ0v) is 7.74. The molecular formula is C11H11NO. The van der Waals surface area contributed by atoms with Crippen LogP contribution in [0.4, 0.5) is 0 Å². The normalized spacial score (nSPS) is 11.8. The smallest absolute Gasteiger partial charge is 0.127 e. The van der Waals surface area contributed by atoms with Crippen LogP contribution in [-0.2, 0) is 4.79 Å². The quantitative estimate of drug-likeness (QED) is 0.643. The van der Waals surface area contributed by atoms with Gasteiger partial charge >= 0.3 is 0 Å². The summed E-state index contributed by atoms with van der Waals surface area (Å²) in [6.45, 7) is 3.72. The molecule has 2 heteroatoms. The summed E-state index contributed by atoms with van der Waals surface area (Å²) in [5.41, 5.74) is 2.45. The third-order valence-electron chi connectivity index (χ3n) is 2.02. The molecule has 1 unspecified atom stereocenters. The number of carbonyl (C=O) groups is 1. The van der Waals surface area contributed by atoms with Crippen LogP contribution in [0.25, 0.3) is 0 Å². The number of benzene rings is 1. The average molecular weight is 173 g/mol. The Morgan fingerprint density at radius 3 is 2.77 bits per heavy atom. The standard InChI is InChI=1S/C11H11NO/c1-8-3-4-11(9(2)7-13)10(5-8)6-12/h3-5,7,9H,1-2H3. The van der Waals surface area contributed by atoms with Crippen molar-refractivity contribution in [3.05, 3.63) is 34.9 Å². The van der Waals surface area contributed by atoms with Crippen LogP contribution < -0.4 is 0 Å². The summed E-state index contributed by atoms with van der Waals surface area (Å²) >= 11 is 0. The van der Waals surface area contributed by atoms with Gasteiger partial charge in [0.25, 0.3) is 0 Å². The van der Waals surface area contributed by atoms with Gasteiger partial charge < -0.3 is 4.79 Å². The minimum atomic E-state index is -0.199. The third kappa shape index (κ3) is 1.94. The van der Waals surface area contributed by atoms with E-state index in [1.807, 2.05) is 19.1 Å². The molecule has 0 aliphatic carbocycles. The minimum Gasteiger partial charge on any atom is -0.303 e. The van der Waals surface area contributed by atoms with E-state index < -0.39 is 0 Å². The molecule has 66 valence electrons. The first-order valence-electron chi connectivity index (χ1n) is 4.15. The zero-order valence-electron chi connectivity index (χ0n) is 7.74.